The van der Waals surface area contributed by atoms with Crippen molar-refractivity contribution in [3.8, 4) is 0 Å². The van der Waals surface area contributed by atoms with E-state index in [9.17, 15) is 9.59 Å². The topological polar surface area (TPSA) is 46.2 Å². The van der Waals surface area contributed by atoms with Crippen LogP contribution in [0.15, 0.2) is 12.2 Å². The van der Waals surface area contributed by atoms with Crippen LogP contribution in [-0.4, -0.2) is 18.2 Å². The Balaban J connectivity index is 3.74. The predicted octanol–water partition coefficient (Wildman–Crippen LogP) is 2.07. The minimum atomic E-state index is -0.187. The summed E-state index contributed by atoms with van der Waals surface area (Å²) < 4.78 is 0. The molecule has 0 aromatic heterocycles. The van der Waals surface area contributed by atoms with Gasteiger partial charge in [0, 0.05) is 19.0 Å². The molecule has 0 saturated carbocycles. The highest BCUT2D eigenvalue weighted by Gasteiger charge is 1.99. The molecule has 0 unspecified atom stereocenters. The number of ketones is 1. The van der Waals surface area contributed by atoms with Crippen LogP contribution in [0, 0.1) is 5.92 Å². The molecule has 0 aliphatic carbocycles. The van der Waals surface area contributed by atoms with Gasteiger partial charge in [-0.1, -0.05) is 27.2 Å². The van der Waals surface area contributed by atoms with Crippen molar-refractivity contribution in [3.05, 3.63) is 12.2 Å². The van der Waals surface area contributed by atoms with E-state index in [0.29, 0.717) is 18.9 Å². The number of carbonyl (C=O) groups is 2. The lowest BCUT2D eigenvalue weighted by molar-refractivity contribution is -0.118. The fraction of sp³-hybridized carbons (Fsp3) is 0.667. The Morgan fingerprint density at radius 1 is 1.27 bits per heavy atom. The van der Waals surface area contributed by atoms with E-state index in [0.717, 1.165) is 12.8 Å². The third-order valence-corrected chi connectivity index (χ3v) is 1.88. The molecule has 0 spiro atoms. The van der Waals surface area contributed by atoms with Crippen LogP contribution in [0.25, 0.3) is 0 Å². The van der Waals surface area contributed by atoms with Gasteiger partial charge in [-0.2, -0.15) is 0 Å². The summed E-state index contributed by atoms with van der Waals surface area (Å²) in [6.45, 7) is 6.73. The van der Waals surface area contributed by atoms with Crippen molar-refractivity contribution in [2.45, 2.75) is 40.0 Å². The zero-order valence-corrected chi connectivity index (χ0v) is 9.88. The Morgan fingerprint density at radius 3 is 2.47 bits per heavy atom. The number of carbonyl (C=O) groups excluding carboxylic acids is 2. The van der Waals surface area contributed by atoms with Crippen LogP contribution in [0.3, 0.4) is 0 Å². The first-order chi connectivity index (χ1) is 7.06. The molecule has 0 rings (SSSR count). The summed E-state index contributed by atoms with van der Waals surface area (Å²) in [7, 11) is 0. The van der Waals surface area contributed by atoms with Crippen molar-refractivity contribution in [2.24, 2.45) is 5.92 Å². The van der Waals surface area contributed by atoms with Crippen LogP contribution in [0.2, 0.25) is 0 Å². The molecule has 3 nitrogen and oxygen atoms in total. The molecular formula is C12H21NO2. The molecule has 0 radical (unpaired) electrons. The van der Waals surface area contributed by atoms with Gasteiger partial charge in [0.1, 0.15) is 0 Å². The molecule has 0 heterocycles. The first-order valence-electron chi connectivity index (χ1n) is 5.55. The van der Waals surface area contributed by atoms with Crippen molar-refractivity contribution in [1.29, 1.82) is 0 Å². The number of hydrogen-bond donors (Lipinski definition) is 1. The van der Waals surface area contributed by atoms with Crippen molar-refractivity contribution in [3.63, 3.8) is 0 Å². The minimum Gasteiger partial charge on any atom is -0.352 e. The van der Waals surface area contributed by atoms with E-state index in [4.69, 9.17) is 0 Å². The molecule has 0 saturated heterocycles. The molecule has 3 heteroatoms. The van der Waals surface area contributed by atoms with Gasteiger partial charge in [-0.15, -0.1) is 0 Å². The maximum atomic E-state index is 11.2. The van der Waals surface area contributed by atoms with Crippen LogP contribution >= 0.6 is 0 Å². The van der Waals surface area contributed by atoms with Crippen LogP contribution in [0.1, 0.15) is 40.0 Å². The lowest BCUT2D eigenvalue weighted by Gasteiger charge is -2.03. The summed E-state index contributed by atoms with van der Waals surface area (Å²) in [4.78, 5) is 22.4. The Kier molecular flexibility index (Phi) is 7.60. The molecule has 0 aromatic carbocycles. The van der Waals surface area contributed by atoms with Crippen LogP contribution in [-0.2, 0) is 9.59 Å². The second-order valence-electron chi connectivity index (χ2n) is 4.04. The normalized spacial score (nSPS) is 10.9. The molecule has 0 aliphatic heterocycles. The number of nitrogens with one attached hydrogen (secondary N) is 1. The highest BCUT2D eigenvalue weighted by molar-refractivity contribution is 5.97. The Hall–Kier alpha value is -1.12. The van der Waals surface area contributed by atoms with Gasteiger partial charge in [-0.25, -0.2) is 0 Å². The summed E-state index contributed by atoms with van der Waals surface area (Å²) in [6, 6.07) is 0. The van der Waals surface area contributed by atoms with E-state index < -0.39 is 0 Å². The number of hydrogen-bond acceptors (Lipinski definition) is 2. The molecule has 1 amide bonds. The standard InChI is InChI=1S/C12H21NO2/c1-4-5-6-11(14)7-8-12(15)13-9-10(2)3/h7-8,10H,4-6,9H2,1-3H3,(H,13,15)/b8-7+. The van der Waals surface area contributed by atoms with Crippen molar-refractivity contribution < 1.29 is 9.59 Å². The Labute approximate surface area is 91.9 Å². The molecular weight excluding hydrogens is 190 g/mol. The average molecular weight is 211 g/mol. The highest BCUT2D eigenvalue weighted by Crippen LogP contribution is 1.96. The maximum Gasteiger partial charge on any atom is 0.244 e. The summed E-state index contributed by atoms with van der Waals surface area (Å²) in [5.41, 5.74) is 0. The quantitative estimate of drug-likeness (QED) is 0.655. The van der Waals surface area contributed by atoms with Gasteiger partial charge in [0.25, 0.3) is 0 Å². The molecule has 0 atom stereocenters. The zero-order chi connectivity index (χ0) is 11.7. The lowest BCUT2D eigenvalue weighted by atomic mass is 10.2. The van der Waals surface area contributed by atoms with Gasteiger partial charge in [0.2, 0.25) is 5.91 Å². The van der Waals surface area contributed by atoms with E-state index in [1.165, 1.54) is 12.2 Å². The molecule has 0 aliphatic rings. The zero-order valence-electron chi connectivity index (χ0n) is 9.88. The Morgan fingerprint density at radius 2 is 1.93 bits per heavy atom. The van der Waals surface area contributed by atoms with E-state index in [2.05, 4.69) is 5.32 Å². The van der Waals surface area contributed by atoms with Crippen molar-refractivity contribution in [2.75, 3.05) is 6.54 Å². The smallest absolute Gasteiger partial charge is 0.244 e. The number of unbranched alkanes of at least 4 members (excludes halogenated alkanes) is 1. The fourth-order valence-electron chi connectivity index (χ4n) is 0.967. The molecule has 86 valence electrons. The SMILES string of the molecule is CCCCC(=O)/C=C/C(=O)NCC(C)C. The third kappa shape index (κ3) is 9.19. The van der Waals surface area contributed by atoms with E-state index in [-0.39, 0.29) is 11.7 Å². The highest BCUT2D eigenvalue weighted by atomic mass is 16.1. The largest absolute Gasteiger partial charge is 0.352 e. The van der Waals surface area contributed by atoms with Crippen molar-refractivity contribution >= 4 is 11.7 Å². The summed E-state index contributed by atoms with van der Waals surface area (Å²) in [5, 5.41) is 2.72. The average Bonchev–Trinajstić information content (AvgIpc) is 2.20. The van der Waals surface area contributed by atoms with Gasteiger partial charge in [-0.3, -0.25) is 9.59 Å². The number of rotatable bonds is 7. The van der Waals surface area contributed by atoms with Gasteiger partial charge in [0.05, 0.1) is 0 Å². The van der Waals surface area contributed by atoms with Crippen LogP contribution < -0.4 is 5.32 Å². The maximum absolute atomic E-state index is 11.2. The Bertz CT molecular complexity index is 232. The van der Waals surface area contributed by atoms with Crippen LogP contribution in [0.4, 0.5) is 0 Å². The van der Waals surface area contributed by atoms with Gasteiger partial charge < -0.3 is 5.32 Å². The molecule has 0 bridgehead atoms. The van der Waals surface area contributed by atoms with Gasteiger partial charge in [-0.05, 0) is 18.4 Å². The van der Waals surface area contributed by atoms with E-state index >= 15 is 0 Å². The van der Waals surface area contributed by atoms with E-state index in [1.54, 1.807) is 0 Å². The second-order valence-corrected chi connectivity index (χ2v) is 4.04. The first kappa shape index (κ1) is 13.9. The summed E-state index contributed by atoms with van der Waals surface area (Å²) >= 11 is 0. The van der Waals surface area contributed by atoms with Crippen molar-refractivity contribution in [1.82, 2.24) is 5.32 Å². The monoisotopic (exact) mass is 211 g/mol. The second kappa shape index (κ2) is 8.21. The molecule has 0 fully saturated rings. The number of amides is 1. The fourth-order valence-corrected chi connectivity index (χ4v) is 0.967. The lowest BCUT2D eigenvalue weighted by Crippen LogP contribution is -2.25. The van der Waals surface area contributed by atoms with Crippen LogP contribution in [0.5, 0.6) is 0 Å². The van der Waals surface area contributed by atoms with Gasteiger partial charge >= 0.3 is 0 Å². The van der Waals surface area contributed by atoms with Gasteiger partial charge in [0.15, 0.2) is 5.78 Å². The first-order valence-corrected chi connectivity index (χ1v) is 5.55. The minimum absolute atomic E-state index is 0.0246. The molecule has 1 N–H and O–H groups in total. The molecule has 15 heavy (non-hydrogen) atoms. The van der Waals surface area contributed by atoms with E-state index in [1.807, 2.05) is 20.8 Å². The number of allylic oxidation sites excluding steroid dienone is 1. The summed E-state index contributed by atoms with van der Waals surface area (Å²) in [5.74, 6) is 0.267. The summed E-state index contributed by atoms with van der Waals surface area (Å²) in [6.07, 6.45) is 5.10. The third-order valence-electron chi connectivity index (χ3n) is 1.88. The predicted molar refractivity (Wildman–Crippen MR) is 61.5 cm³/mol. The molecule has 0 aromatic rings.